The lowest BCUT2D eigenvalue weighted by Gasteiger charge is -2.22. The Morgan fingerprint density at radius 2 is 1.25 bits per heavy atom. The average molecular weight is 539 g/mol. The molecule has 1 N–H and O–H groups in total. The van der Waals surface area contributed by atoms with Crippen molar-refractivity contribution >= 4 is 47.3 Å². The number of benzene rings is 2. The van der Waals surface area contributed by atoms with Gasteiger partial charge in [0.15, 0.2) is 10.7 Å². The minimum Gasteiger partial charge on any atom is -0.479 e. The van der Waals surface area contributed by atoms with Gasteiger partial charge in [-0.3, -0.25) is 9.59 Å². The molecule has 0 spiro atoms. The van der Waals surface area contributed by atoms with Gasteiger partial charge in [-0.1, -0.05) is 0 Å². The van der Waals surface area contributed by atoms with Crippen molar-refractivity contribution < 1.29 is 37.8 Å². The average Bonchev–Trinajstić information content (AvgIpc) is 3.55. The predicted octanol–water partition coefficient (Wildman–Crippen LogP) is 3.33. The van der Waals surface area contributed by atoms with Gasteiger partial charge in [0.25, 0.3) is 11.8 Å². The number of esters is 1. The Hall–Kier alpha value is -3.12. The van der Waals surface area contributed by atoms with Crippen LogP contribution in [0.5, 0.6) is 0 Å². The van der Waals surface area contributed by atoms with Crippen molar-refractivity contribution in [1.82, 2.24) is 9.80 Å². The molecule has 2 heterocycles. The van der Waals surface area contributed by atoms with E-state index in [1.54, 1.807) is 6.92 Å². The molecule has 2 fully saturated rings. The minimum absolute atomic E-state index is 0.275. The van der Waals surface area contributed by atoms with Gasteiger partial charge in [0.05, 0.1) is 6.61 Å². The molecule has 2 atom stereocenters. The Morgan fingerprint density at radius 3 is 1.67 bits per heavy atom. The van der Waals surface area contributed by atoms with Crippen LogP contribution in [0, 0.1) is 11.6 Å². The Labute approximate surface area is 215 Å². The van der Waals surface area contributed by atoms with Gasteiger partial charge >= 0.3 is 11.9 Å². The highest BCUT2D eigenvalue weighted by molar-refractivity contribution is 8.01. The molecule has 4 rings (SSSR count). The van der Waals surface area contributed by atoms with E-state index in [-0.39, 0.29) is 18.4 Å². The number of hydrogen-bond acceptors (Lipinski definition) is 7. The lowest BCUT2D eigenvalue weighted by molar-refractivity contribution is -0.145. The fourth-order valence-electron chi connectivity index (χ4n) is 3.49. The third-order valence-corrected chi connectivity index (χ3v) is 7.56. The molecular weight excluding hydrogens is 514 g/mol. The van der Waals surface area contributed by atoms with Crippen LogP contribution in [0.25, 0.3) is 0 Å². The van der Waals surface area contributed by atoms with Crippen LogP contribution >= 0.6 is 23.5 Å². The van der Waals surface area contributed by atoms with Crippen LogP contribution in [0.15, 0.2) is 48.5 Å². The van der Waals surface area contributed by atoms with Gasteiger partial charge in [0.2, 0.25) is 0 Å². The molecule has 0 bridgehead atoms. The van der Waals surface area contributed by atoms with Crippen LogP contribution in [-0.4, -0.2) is 80.6 Å². The molecule has 36 heavy (non-hydrogen) atoms. The van der Waals surface area contributed by atoms with E-state index in [2.05, 4.69) is 0 Å². The molecule has 0 saturated carbocycles. The molecule has 0 aliphatic carbocycles. The molecule has 12 heteroatoms. The molecule has 2 aliphatic heterocycles. The Kier molecular flexibility index (Phi) is 9.71. The molecular formula is C24H24F2N2O6S2. The molecule has 2 saturated heterocycles. The van der Waals surface area contributed by atoms with Crippen molar-refractivity contribution in [2.24, 2.45) is 0 Å². The zero-order valence-corrected chi connectivity index (χ0v) is 20.9. The number of hydrogen-bond donors (Lipinski definition) is 1. The second-order valence-corrected chi connectivity index (χ2v) is 9.92. The van der Waals surface area contributed by atoms with E-state index in [1.165, 1.54) is 81.9 Å². The summed E-state index contributed by atoms with van der Waals surface area (Å²) >= 11 is 2.60. The first kappa shape index (κ1) is 27.5. The summed E-state index contributed by atoms with van der Waals surface area (Å²) in [6.07, 6.45) is 0. The SMILES string of the molecule is CCOC(=O)C1SCCN1C(=O)c1ccc(F)cc1.O=C(O)C1SCCN1C(=O)c1ccc(F)cc1. The molecule has 0 radical (unpaired) electrons. The number of carbonyl (C=O) groups is 4. The maximum absolute atomic E-state index is 12.8. The molecule has 2 amide bonds. The van der Waals surface area contributed by atoms with Crippen LogP contribution in [0.2, 0.25) is 0 Å². The fourth-order valence-corrected chi connectivity index (χ4v) is 5.65. The zero-order valence-electron chi connectivity index (χ0n) is 19.3. The summed E-state index contributed by atoms with van der Waals surface area (Å²) in [5.74, 6) is -1.60. The smallest absolute Gasteiger partial charge is 0.339 e. The number of amides is 2. The van der Waals surface area contributed by atoms with Crippen LogP contribution in [0.1, 0.15) is 27.6 Å². The van der Waals surface area contributed by atoms with Crippen molar-refractivity contribution in [2.75, 3.05) is 31.2 Å². The summed E-state index contributed by atoms with van der Waals surface area (Å²) in [6.45, 7) is 2.90. The predicted molar refractivity (Wildman–Crippen MR) is 132 cm³/mol. The molecule has 192 valence electrons. The maximum atomic E-state index is 12.8. The lowest BCUT2D eigenvalue weighted by Crippen LogP contribution is -2.40. The monoisotopic (exact) mass is 538 g/mol. The minimum atomic E-state index is -1.03. The fraction of sp³-hybridized carbons (Fsp3) is 0.333. The first-order valence-corrected chi connectivity index (χ1v) is 13.1. The summed E-state index contributed by atoms with van der Waals surface area (Å²) < 4.78 is 30.5. The summed E-state index contributed by atoms with van der Waals surface area (Å²) in [4.78, 5) is 49.7. The Balaban J connectivity index is 0.000000202. The second-order valence-electron chi connectivity index (χ2n) is 7.55. The van der Waals surface area contributed by atoms with Crippen molar-refractivity contribution in [2.45, 2.75) is 17.7 Å². The van der Waals surface area contributed by atoms with E-state index in [0.29, 0.717) is 35.7 Å². The molecule has 2 aromatic rings. The standard InChI is InChI=1S/C13H14FNO3S.C11H10FNO3S/c1-2-18-13(17)12-15(7-8-19-12)11(16)9-3-5-10(14)6-4-9;12-8-3-1-7(2-4-8)9(14)13-5-6-17-10(13)11(15)16/h3-6,12H,2,7-8H2,1H3;1-4,10H,5-6H2,(H,15,16). The quantitative estimate of drug-likeness (QED) is 0.579. The van der Waals surface area contributed by atoms with Crippen molar-refractivity contribution in [3.8, 4) is 0 Å². The van der Waals surface area contributed by atoms with Gasteiger partial charge in [0, 0.05) is 35.7 Å². The van der Waals surface area contributed by atoms with E-state index in [9.17, 15) is 28.0 Å². The molecule has 8 nitrogen and oxygen atoms in total. The Bertz CT molecular complexity index is 1100. The summed E-state index contributed by atoms with van der Waals surface area (Å²) in [7, 11) is 0. The van der Waals surface area contributed by atoms with Gasteiger partial charge in [0.1, 0.15) is 11.6 Å². The van der Waals surface area contributed by atoms with E-state index in [1.807, 2.05) is 0 Å². The highest BCUT2D eigenvalue weighted by atomic mass is 32.2. The molecule has 2 aromatic carbocycles. The summed E-state index contributed by atoms with van der Waals surface area (Å²) in [5.41, 5.74) is 0.679. The van der Waals surface area contributed by atoms with Crippen LogP contribution < -0.4 is 0 Å². The van der Waals surface area contributed by atoms with Crippen LogP contribution in [0.3, 0.4) is 0 Å². The van der Waals surface area contributed by atoms with Gasteiger partial charge in [-0.25, -0.2) is 18.4 Å². The van der Waals surface area contributed by atoms with Crippen molar-refractivity contribution in [3.63, 3.8) is 0 Å². The lowest BCUT2D eigenvalue weighted by atomic mass is 10.2. The number of ether oxygens (including phenoxy) is 1. The third kappa shape index (κ3) is 6.76. The van der Waals surface area contributed by atoms with E-state index in [0.717, 1.165) is 0 Å². The molecule has 0 aromatic heterocycles. The first-order chi connectivity index (χ1) is 17.2. The number of carboxylic acid groups (broad SMARTS) is 1. The van der Waals surface area contributed by atoms with Crippen molar-refractivity contribution in [1.29, 1.82) is 0 Å². The second kappa shape index (κ2) is 12.7. The topological polar surface area (TPSA) is 104 Å². The number of thioether (sulfide) groups is 2. The molecule has 2 aliphatic rings. The number of aliphatic carboxylic acids is 1. The van der Waals surface area contributed by atoms with Crippen LogP contribution in [0.4, 0.5) is 8.78 Å². The van der Waals surface area contributed by atoms with E-state index >= 15 is 0 Å². The maximum Gasteiger partial charge on any atom is 0.339 e. The van der Waals surface area contributed by atoms with Gasteiger partial charge < -0.3 is 19.6 Å². The van der Waals surface area contributed by atoms with Crippen LogP contribution in [-0.2, 0) is 14.3 Å². The van der Waals surface area contributed by atoms with Gasteiger partial charge in [-0.15, -0.1) is 23.5 Å². The van der Waals surface area contributed by atoms with Gasteiger partial charge in [-0.05, 0) is 55.5 Å². The van der Waals surface area contributed by atoms with Gasteiger partial charge in [-0.2, -0.15) is 0 Å². The number of carboxylic acids is 1. The summed E-state index contributed by atoms with van der Waals surface area (Å²) in [5, 5.41) is 7.51. The largest absolute Gasteiger partial charge is 0.479 e. The highest BCUT2D eigenvalue weighted by Gasteiger charge is 2.36. The number of nitrogens with zero attached hydrogens (tertiary/aromatic N) is 2. The first-order valence-electron chi connectivity index (χ1n) is 11.0. The number of carbonyl (C=O) groups excluding carboxylic acids is 3. The third-order valence-electron chi connectivity index (χ3n) is 5.19. The normalized spacial score (nSPS) is 18.9. The number of halogens is 2. The molecule has 2 unspecified atom stereocenters. The van der Waals surface area contributed by atoms with E-state index in [4.69, 9.17) is 9.84 Å². The zero-order chi connectivity index (χ0) is 26.2. The number of rotatable bonds is 5. The Morgan fingerprint density at radius 1 is 0.833 bits per heavy atom. The van der Waals surface area contributed by atoms with Crippen molar-refractivity contribution in [3.05, 3.63) is 71.3 Å². The highest BCUT2D eigenvalue weighted by Crippen LogP contribution is 2.27. The van der Waals surface area contributed by atoms with E-state index < -0.39 is 34.3 Å². The summed E-state index contributed by atoms with van der Waals surface area (Å²) in [6, 6.07) is 10.4.